The maximum Gasteiger partial charge on any atom is 0.351 e. The molecule has 3 unspecified atom stereocenters. The highest BCUT2D eigenvalue weighted by Gasteiger charge is 2.31. The van der Waals surface area contributed by atoms with E-state index in [2.05, 4.69) is 4.98 Å². The van der Waals surface area contributed by atoms with E-state index in [4.69, 9.17) is 15.6 Å². The lowest BCUT2D eigenvalue weighted by Crippen LogP contribution is -2.30. The molecule has 0 amide bonds. The molecule has 0 saturated carbocycles. The van der Waals surface area contributed by atoms with Gasteiger partial charge in [-0.2, -0.15) is 4.98 Å². The molecule has 0 aromatic carbocycles. The van der Waals surface area contributed by atoms with Gasteiger partial charge in [0.25, 0.3) is 0 Å². The summed E-state index contributed by atoms with van der Waals surface area (Å²) in [5, 5.41) is 9.03. The monoisotopic (exact) mass is 317 g/mol. The smallest absolute Gasteiger partial charge is 0.351 e. The van der Waals surface area contributed by atoms with Crippen molar-refractivity contribution in [3.05, 3.63) is 22.5 Å². The molecule has 0 radical (unpaired) electrons. The number of carboxylic acid groups (broad SMARTS) is 1. The van der Waals surface area contributed by atoms with Crippen LogP contribution >= 0.6 is 11.8 Å². The Labute approximate surface area is 124 Å². The van der Waals surface area contributed by atoms with Crippen LogP contribution in [-0.4, -0.2) is 31.8 Å². The van der Waals surface area contributed by atoms with Gasteiger partial charge in [-0.3, -0.25) is 9.36 Å². The minimum atomic E-state index is -0.873. The molecule has 0 aliphatic carbocycles. The zero-order valence-electron chi connectivity index (χ0n) is 11.4. The quantitative estimate of drug-likeness (QED) is 0.835. The van der Waals surface area contributed by atoms with E-state index in [1.165, 1.54) is 11.8 Å². The second-order valence-corrected chi connectivity index (χ2v) is 5.89. The zero-order chi connectivity index (χ0) is 15.6. The van der Waals surface area contributed by atoms with E-state index < -0.39 is 35.4 Å². The van der Waals surface area contributed by atoms with Gasteiger partial charge in [0.2, 0.25) is 0 Å². The molecule has 2 rings (SSSR count). The van der Waals surface area contributed by atoms with Crippen molar-refractivity contribution in [2.45, 2.75) is 31.4 Å². The summed E-state index contributed by atoms with van der Waals surface area (Å²) in [6.07, 6.45) is 1.14. The van der Waals surface area contributed by atoms with Gasteiger partial charge in [0, 0.05) is 5.75 Å². The highest BCUT2D eigenvalue weighted by atomic mass is 32.2. The van der Waals surface area contributed by atoms with Gasteiger partial charge >= 0.3 is 11.7 Å². The van der Waals surface area contributed by atoms with Gasteiger partial charge in [0.1, 0.15) is 11.7 Å². The van der Waals surface area contributed by atoms with E-state index in [-0.39, 0.29) is 5.44 Å². The predicted molar refractivity (Wildman–Crippen MR) is 75.3 cm³/mol. The van der Waals surface area contributed by atoms with Crippen LogP contribution in [0.3, 0.4) is 0 Å². The standard InChI is InChI=1S/C12H16FN3O4S/c1-2-6(11(17)18)3-9-20-8(5-21-9)16-4-7(13)10(14)15-12(16)19/h4,6,8-9H,2-3,5H2,1H3,(H,17,18)(H2,14,15,19). The fourth-order valence-corrected chi connectivity index (χ4v) is 3.24. The first-order valence-corrected chi connectivity index (χ1v) is 7.51. The summed E-state index contributed by atoms with van der Waals surface area (Å²) < 4.78 is 20.1. The number of ether oxygens (including phenoxy) is 1. The number of aliphatic carboxylic acids is 1. The van der Waals surface area contributed by atoms with E-state index in [0.717, 1.165) is 10.8 Å². The second-order valence-electron chi connectivity index (χ2n) is 4.70. The first kappa shape index (κ1) is 15.8. The van der Waals surface area contributed by atoms with Crippen LogP contribution in [-0.2, 0) is 9.53 Å². The summed E-state index contributed by atoms with van der Waals surface area (Å²) in [6, 6.07) is 0. The molecular weight excluding hydrogens is 301 g/mol. The Kier molecular flexibility index (Phi) is 4.84. The highest BCUT2D eigenvalue weighted by Crippen LogP contribution is 2.35. The van der Waals surface area contributed by atoms with Crippen LogP contribution in [0.4, 0.5) is 10.2 Å². The average Bonchev–Trinajstić information content (AvgIpc) is 2.88. The molecule has 3 atom stereocenters. The van der Waals surface area contributed by atoms with Crippen molar-refractivity contribution in [1.29, 1.82) is 0 Å². The maximum absolute atomic E-state index is 13.4. The predicted octanol–water partition coefficient (Wildman–Crippen LogP) is 1.05. The molecule has 7 nitrogen and oxygen atoms in total. The lowest BCUT2D eigenvalue weighted by Gasteiger charge is -2.17. The number of nitrogens with zero attached hydrogens (tertiary/aromatic N) is 2. The average molecular weight is 317 g/mol. The highest BCUT2D eigenvalue weighted by molar-refractivity contribution is 7.99. The van der Waals surface area contributed by atoms with Crippen LogP contribution in [0.1, 0.15) is 26.0 Å². The minimum Gasteiger partial charge on any atom is -0.481 e. The van der Waals surface area contributed by atoms with Gasteiger partial charge in [-0.05, 0) is 12.8 Å². The zero-order valence-corrected chi connectivity index (χ0v) is 12.2. The number of hydrogen-bond donors (Lipinski definition) is 2. The molecular formula is C12H16FN3O4S. The molecule has 2 heterocycles. The first-order chi connectivity index (χ1) is 9.92. The Balaban J connectivity index is 2.07. The van der Waals surface area contributed by atoms with Crippen molar-refractivity contribution >= 4 is 23.5 Å². The minimum absolute atomic E-state index is 0.340. The molecule has 1 aliphatic rings. The van der Waals surface area contributed by atoms with Crippen LogP contribution < -0.4 is 11.4 Å². The third-order valence-corrected chi connectivity index (χ3v) is 4.45. The summed E-state index contributed by atoms with van der Waals surface area (Å²) in [4.78, 5) is 26.1. The van der Waals surface area contributed by atoms with E-state index in [9.17, 15) is 14.0 Å². The largest absolute Gasteiger partial charge is 0.481 e. The fraction of sp³-hybridized carbons (Fsp3) is 0.583. The molecule has 1 aliphatic heterocycles. The number of thioether (sulfide) groups is 1. The van der Waals surface area contributed by atoms with Crippen molar-refractivity contribution < 1.29 is 19.0 Å². The SMILES string of the molecule is CCC(CC1OC(n2cc(F)c(N)nc2=O)CS1)C(=O)O. The van der Waals surface area contributed by atoms with E-state index >= 15 is 0 Å². The number of nitrogen functional groups attached to an aromatic ring is 1. The molecule has 9 heteroatoms. The molecule has 1 saturated heterocycles. The van der Waals surface area contributed by atoms with Crippen molar-refractivity contribution in [3.8, 4) is 0 Å². The van der Waals surface area contributed by atoms with Crippen LogP contribution in [0.25, 0.3) is 0 Å². The van der Waals surface area contributed by atoms with Crippen molar-refractivity contribution in [2.75, 3.05) is 11.5 Å². The normalized spacial score (nSPS) is 23.1. The fourth-order valence-electron chi connectivity index (χ4n) is 2.05. The number of rotatable bonds is 5. The third kappa shape index (κ3) is 3.53. The number of nitrogens with two attached hydrogens (primary N) is 1. The molecule has 116 valence electrons. The first-order valence-electron chi connectivity index (χ1n) is 6.46. The van der Waals surface area contributed by atoms with Gasteiger partial charge in [0.05, 0.1) is 12.1 Å². The molecule has 1 aromatic rings. The number of carboxylic acids is 1. The van der Waals surface area contributed by atoms with E-state index in [1.54, 1.807) is 6.92 Å². The Morgan fingerprint density at radius 3 is 3.10 bits per heavy atom. The molecule has 3 N–H and O–H groups in total. The molecule has 0 spiro atoms. The number of halogens is 1. The van der Waals surface area contributed by atoms with Crippen molar-refractivity contribution in [1.82, 2.24) is 9.55 Å². The van der Waals surface area contributed by atoms with Crippen molar-refractivity contribution in [2.24, 2.45) is 5.92 Å². The molecule has 1 aromatic heterocycles. The van der Waals surface area contributed by atoms with Gasteiger partial charge in [-0.15, -0.1) is 11.8 Å². The van der Waals surface area contributed by atoms with Crippen LogP contribution in [0.5, 0.6) is 0 Å². The van der Waals surface area contributed by atoms with Crippen LogP contribution in [0.2, 0.25) is 0 Å². The van der Waals surface area contributed by atoms with E-state index in [0.29, 0.717) is 18.6 Å². The summed E-state index contributed by atoms with van der Waals surface area (Å²) >= 11 is 1.40. The maximum atomic E-state index is 13.4. The Morgan fingerprint density at radius 2 is 2.48 bits per heavy atom. The van der Waals surface area contributed by atoms with Crippen LogP contribution in [0.15, 0.2) is 11.0 Å². The molecule has 1 fully saturated rings. The molecule has 0 bridgehead atoms. The van der Waals surface area contributed by atoms with Crippen molar-refractivity contribution in [3.63, 3.8) is 0 Å². The number of anilines is 1. The van der Waals surface area contributed by atoms with Gasteiger partial charge in [-0.1, -0.05) is 6.92 Å². The van der Waals surface area contributed by atoms with E-state index in [1.807, 2.05) is 0 Å². The second kappa shape index (κ2) is 6.44. The Morgan fingerprint density at radius 1 is 1.76 bits per heavy atom. The van der Waals surface area contributed by atoms with Gasteiger partial charge in [-0.25, -0.2) is 9.18 Å². The van der Waals surface area contributed by atoms with Gasteiger partial charge in [0.15, 0.2) is 11.6 Å². The van der Waals surface area contributed by atoms with Crippen LogP contribution in [0, 0.1) is 11.7 Å². The summed E-state index contributed by atoms with van der Waals surface area (Å²) in [7, 11) is 0. The number of carbonyl (C=O) groups is 1. The summed E-state index contributed by atoms with van der Waals surface area (Å²) in [6.45, 7) is 1.79. The Hall–Kier alpha value is -1.61. The summed E-state index contributed by atoms with van der Waals surface area (Å²) in [5.74, 6) is -2.19. The third-order valence-electron chi connectivity index (χ3n) is 3.30. The number of aromatic nitrogens is 2. The lowest BCUT2D eigenvalue weighted by atomic mass is 10.0. The lowest BCUT2D eigenvalue weighted by molar-refractivity contribution is -0.143. The molecule has 21 heavy (non-hydrogen) atoms. The topological polar surface area (TPSA) is 107 Å². The Bertz CT molecular complexity index is 594. The summed E-state index contributed by atoms with van der Waals surface area (Å²) in [5.41, 5.74) is 4.19. The number of hydrogen-bond acceptors (Lipinski definition) is 6. The van der Waals surface area contributed by atoms with Gasteiger partial charge < -0.3 is 15.6 Å².